The molecule has 3 rings (SSSR count). The maximum absolute atomic E-state index is 10.7. The Kier molecular flexibility index (Phi) is 3.70. The summed E-state index contributed by atoms with van der Waals surface area (Å²) in [6.45, 7) is 0. The molecule has 0 unspecified atom stereocenters. The summed E-state index contributed by atoms with van der Waals surface area (Å²) in [5.74, 6) is 3.44. The fourth-order valence-electron chi connectivity index (χ4n) is 2.55. The van der Waals surface area contributed by atoms with Gasteiger partial charge in [-0.3, -0.25) is 10.1 Å². The van der Waals surface area contributed by atoms with Crippen LogP contribution in [0.3, 0.4) is 0 Å². The van der Waals surface area contributed by atoms with Crippen molar-refractivity contribution < 1.29 is 9.66 Å². The molecular weight excluding hydrogens is 290 g/mol. The number of terminal acetylenes is 1. The van der Waals surface area contributed by atoms with E-state index in [1.807, 2.05) is 30.4 Å². The van der Waals surface area contributed by atoms with Gasteiger partial charge in [-0.1, -0.05) is 12.0 Å². The van der Waals surface area contributed by atoms with Gasteiger partial charge >= 0.3 is 0 Å². The van der Waals surface area contributed by atoms with Crippen molar-refractivity contribution in [1.29, 1.82) is 0 Å². The second-order valence-corrected chi connectivity index (χ2v) is 5.06. The van der Waals surface area contributed by atoms with Gasteiger partial charge in [0.1, 0.15) is 5.75 Å². The molecule has 0 saturated heterocycles. The lowest BCUT2D eigenvalue weighted by Gasteiger charge is -2.05. The van der Waals surface area contributed by atoms with Crippen LogP contribution in [0.25, 0.3) is 17.2 Å². The number of hydrogen-bond acceptors (Lipinski definition) is 3. The molecule has 0 bridgehead atoms. The minimum atomic E-state index is -0.412. The number of hydrogen-bond donors (Lipinski definition) is 0. The molecule has 0 N–H and O–H groups in total. The first-order valence-electron chi connectivity index (χ1n) is 6.95. The van der Waals surface area contributed by atoms with Crippen molar-refractivity contribution in [3.8, 4) is 18.1 Å². The molecule has 112 valence electrons. The molecule has 2 aromatic carbocycles. The van der Waals surface area contributed by atoms with Crippen molar-refractivity contribution in [2.24, 2.45) is 0 Å². The summed E-state index contributed by atoms with van der Waals surface area (Å²) in [7, 11) is 1.61. The molecule has 2 aromatic rings. The molecule has 0 radical (unpaired) electrons. The lowest BCUT2D eigenvalue weighted by atomic mass is 10.0. The maximum atomic E-state index is 10.7. The van der Waals surface area contributed by atoms with Gasteiger partial charge in [0.05, 0.1) is 12.0 Å². The SMILES string of the molecule is C#CC1=CC(=Cc2ccc([N+](=O)[O-])cc2)c2ccc(OC)cc21. The van der Waals surface area contributed by atoms with Crippen LogP contribution in [-0.4, -0.2) is 12.0 Å². The van der Waals surface area contributed by atoms with E-state index >= 15 is 0 Å². The number of rotatable bonds is 3. The van der Waals surface area contributed by atoms with Crippen molar-refractivity contribution in [2.45, 2.75) is 0 Å². The number of benzene rings is 2. The Balaban J connectivity index is 2.03. The standard InChI is InChI=1S/C19H13NO3/c1-3-14-11-15(18-9-8-17(23-2)12-19(14)18)10-13-4-6-16(7-5-13)20(21)22/h1,4-12H,2H3. The van der Waals surface area contributed by atoms with Gasteiger partial charge in [-0.2, -0.15) is 0 Å². The molecule has 0 atom stereocenters. The summed E-state index contributed by atoms with van der Waals surface area (Å²) in [5.41, 5.74) is 4.71. The van der Waals surface area contributed by atoms with E-state index in [1.165, 1.54) is 12.1 Å². The predicted molar refractivity (Wildman–Crippen MR) is 90.8 cm³/mol. The van der Waals surface area contributed by atoms with Crippen LogP contribution in [0.4, 0.5) is 5.69 Å². The highest BCUT2D eigenvalue weighted by molar-refractivity contribution is 6.05. The van der Waals surface area contributed by atoms with Crippen molar-refractivity contribution in [2.75, 3.05) is 7.11 Å². The van der Waals surface area contributed by atoms with E-state index in [-0.39, 0.29) is 5.69 Å². The minimum Gasteiger partial charge on any atom is -0.497 e. The van der Waals surface area contributed by atoms with Crippen LogP contribution in [0.15, 0.2) is 48.5 Å². The van der Waals surface area contributed by atoms with Crippen LogP contribution in [0, 0.1) is 22.5 Å². The largest absolute Gasteiger partial charge is 0.497 e. The normalized spacial score (nSPS) is 14.1. The van der Waals surface area contributed by atoms with Gasteiger partial charge in [0.25, 0.3) is 5.69 Å². The van der Waals surface area contributed by atoms with Crippen molar-refractivity contribution >= 4 is 22.9 Å². The van der Waals surface area contributed by atoms with Gasteiger partial charge in [-0.05, 0) is 53.1 Å². The first-order valence-corrected chi connectivity index (χ1v) is 6.95. The minimum absolute atomic E-state index is 0.0727. The van der Waals surface area contributed by atoms with E-state index in [4.69, 9.17) is 11.2 Å². The summed E-state index contributed by atoms with van der Waals surface area (Å²) in [4.78, 5) is 10.3. The summed E-state index contributed by atoms with van der Waals surface area (Å²) in [5, 5.41) is 10.7. The van der Waals surface area contributed by atoms with E-state index in [0.29, 0.717) is 0 Å². The van der Waals surface area contributed by atoms with Gasteiger partial charge in [-0.15, -0.1) is 6.42 Å². The Labute approximate surface area is 133 Å². The third-order valence-corrected chi connectivity index (χ3v) is 3.71. The highest BCUT2D eigenvalue weighted by atomic mass is 16.6. The number of methoxy groups -OCH3 is 1. The number of non-ortho nitro benzene ring substituents is 1. The zero-order valence-electron chi connectivity index (χ0n) is 12.4. The second-order valence-electron chi connectivity index (χ2n) is 5.06. The first kappa shape index (κ1) is 14.6. The van der Waals surface area contributed by atoms with Gasteiger partial charge in [0, 0.05) is 23.3 Å². The smallest absolute Gasteiger partial charge is 0.269 e. The van der Waals surface area contributed by atoms with E-state index in [9.17, 15) is 10.1 Å². The molecule has 0 fully saturated rings. The van der Waals surface area contributed by atoms with Crippen LogP contribution in [0.5, 0.6) is 5.75 Å². The molecule has 1 aliphatic carbocycles. The van der Waals surface area contributed by atoms with Gasteiger partial charge in [0.15, 0.2) is 0 Å². The predicted octanol–water partition coefficient (Wildman–Crippen LogP) is 4.17. The van der Waals surface area contributed by atoms with Crippen LogP contribution in [0.2, 0.25) is 0 Å². The molecule has 0 aliphatic heterocycles. The van der Waals surface area contributed by atoms with Crippen LogP contribution in [0.1, 0.15) is 16.7 Å². The molecule has 0 aromatic heterocycles. The highest BCUT2D eigenvalue weighted by Gasteiger charge is 2.18. The Bertz CT molecular complexity index is 884. The third kappa shape index (κ3) is 2.72. The van der Waals surface area contributed by atoms with E-state index in [1.54, 1.807) is 19.2 Å². The average molecular weight is 303 g/mol. The van der Waals surface area contributed by atoms with Crippen molar-refractivity contribution in [3.63, 3.8) is 0 Å². The Morgan fingerprint density at radius 1 is 1.17 bits per heavy atom. The molecule has 4 heteroatoms. The zero-order valence-corrected chi connectivity index (χ0v) is 12.4. The molecule has 23 heavy (non-hydrogen) atoms. The molecule has 0 amide bonds. The fourth-order valence-corrected chi connectivity index (χ4v) is 2.55. The lowest BCUT2D eigenvalue weighted by Crippen LogP contribution is -1.88. The number of nitro benzene ring substituents is 1. The maximum Gasteiger partial charge on any atom is 0.269 e. The summed E-state index contributed by atoms with van der Waals surface area (Å²) < 4.78 is 5.24. The second kappa shape index (κ2) is 5.82. The fraction of sp³-hybridized carbons (Fsp3) is 0.0526. The molecule has 0 heterocycles. The van der Waals surface area contributed by atoms with Crippen LogP contribution >= 0.6 is 0 Å². The number of nitrogens with zero attached hydrogens (tertiary/aromatic N) is 1. The van der Waals surface area contributed by atoms with Gasteiger partial charge < -0.3 is 4.74 Å². The molecule has 0 spiro atoms. The monoisotopic (exact) mass is 303 g/mol. The number of allylic oxidation sites excluding steroid dienone is 3. The van der Waals surface area contributed by atoms with Crippen molar-refractivity contribution in [3.05, 3.63) is 75.3 Å². The zero-order chi connectivity index (χ0) is 16.4. The molecule has 4 nitrogen and oxygen atoms in total. The highest BCUT2D eigenvalue weighted by Crippen LogP contribution is 2.38. The van der Waals surface area contributed by atoms with Gasteiger partial charge in [0.2, 0.25) is 0 Å². The summed E-state index contributed by atoms with van der Waals surface area (Å²) in [6.07, 6.45) is 9.48. The van der Waals surface area contributed by atoms with Crippen LogP contribution < -0.4 is 4.74 Å². The first-order chi connectivity index (χ1) is 11.1. The number of ether oxygens (including phenoxy) is 1. The van der Waals surface area contributed by atoms with Gasteiger partial charge in [-0.25, -0.2) is 0 Å². The Morgan fingerprint density at radius 2 is 1.91 bits per heavy atom. The molecule has 1 aliphatic rings. The molecular formula is C19H13NO3. The third-order valence-electron chi connectivity index (χ3n) is 3.71. The lowest BCUT2D eigenvalue weighted by molar-refractivity contribution is -0.384. The molecule has 0 saturated carbocycles. The Hall–Kier alpha value is -3.32. The van der Waals surface area contributed by atoms with Crippen molar-refractivity contribution in [1.82, 2.24) is 0 Å². The average Bonchev–Trinajstić information content (AvgIpc) is 2.92. The van der Waals surface area contributed by atoms with E-state index in [0.717, 1.165) is 33.6 Å². The van der Waals surface area contributed by atoms with Crippen LogP contribution in [-0.2, 0) is 0 Å². The number of nitro groups is 1. The van der Waals surface area contributed by atoms with E-state index < -0.39 is 4.92 Å². The quantitative estimate of drug-likeness (QED) is 0.485. The number of fused-ring (bicyclic) bond motifs is 1. The Morgan fingerprint density at radius 3 is 2.52 bits per heavy atom. The topological polar surface area (TPSA) is 52.4 Å². The summed E-state index contributed by atoms with van der Waals surface area (Å²) >= 11 is 0. The summed E-state index contributed by atoms with van der Waals surface area (Å²) in [6, 6.07) is 12.2. The van der Waals surface area contributed by atoms with E-state index in [2.05, 4.69) is 5.92 Å².